The number of hydrogen-bond donors (Lipinski definition) is 2. The Morgan fingerprint density at radius 2 is 1.43 bits per heavy atom. The van der Waals surface area contributed by atoms with E-state index < -0.39 is 0 Å². The van der Waals surface area contributed by atoms with Crippen molar-refractivity contribution in [2.24, 2.45) is 17.8 Å². The Morgan fingerprint density at radius 1 is 0.818 bits per heavy atom. The predicted molar refractivity (Wildman–Crippen MR) is 188 cm³/mol. The first-order chi connectivity index (χ1) is 20.8. The Morgan fingerprint density at radius 3 is 2.02 bits per heavy atom. The Kier molecular flexibility index (Phi) is 16.0. The zero-order chi connectivity index (χ0) is 32.9. The lowest BCUT2D eigenvalue weighted by molar-refractivity contribution is 0.0512. The fraction of sp³-hybridized carbons (Fsp3) is 0.700. The van der Waals surface area contributed by atoms with Gasteiger partial charge in [0, 0.05) is 5.56 Å². The molecule has 0 unspecified atom stereocenters. The fourth-order valence-corrected chi connectivity index (χ4v) is 6.57. The van der Waals surface area contributed by atoms with Gasteiger partial charge in [-0.3, -0.25) is 0 Å². The predicted octanol–water partition coefficient (Wildman–Crippen LogP) is 11.6. The molecule has 1 aliphatic rings. The lowest BCUT2D eigenvalue weighted by Crippen LogP contribution is -2.37. The molecule has 0 aliphatic carbocycles. The molecule has 0 fully saturated rings. The van der Waals surface area contributed by atoms with Gasteiger partial charge in [-0.1, -0.05) is 98.1 Å². The number of phenols is 2. The van der Waals surface area contributed by atoms with E-state index in [2.05, 4.69) is 48.5 Å². The Balaban J connectivity index is 0.000000432. The smallest absolute Gasteiger partial charge is 0.160 e. The average molecular weight is 611 g/mol. The van der Waals surface area contributed by atoms with Crippen LogP contribution in [-0.2, 0) is 12.8 Å². The van der Waals surface area contributed by atoms with Crippen molar-refractivity contribution in [3.8, 4) is 23.0 Å². The number of hydrogen-bond acceptors (Lipinski definition) is 4. The molecule has 2 aromatic carbocycles. The van der Waals surface area contributed by atoms with E-state index in [9.17, 15) is 10.2 Å². The highest BCUT2D eigenvalue weighted by Crippen LogP contribution is 2.44. The largest absolute Gasteiger partial charge is 0.507 e. The third-order valence-electron chi connectivity index (χ3n) is 9.97. The Bertz CT molecular complexity index is 1140. The maximum absolute atomic E-state index is 10.4. The summed E-state index contributed by atoms with van der Waals surface area (Å²) in [4.78, 5) is 0. The second-order valence-electron chi connectivity index (χ2n) is 14.5. The lowest BCUT2D eigenvalue weighted by Gasteiger charge is -2.38. The van der Waals surface area contributed by atoms with E-state index in [-0.39, 0.29) is 5.60 Å². The number of aromatic hydroxyl groups is 2. The lowest BCUT2D eigenvalue weighted by atomic mass is 9.84. The maximum atomic E-state index is 10.4. The quantitative estimate of drug-likeness (QED) is 0.198. The van der Waals surface area contributed by atoms with E-state index in [1.54, 1.807) is 13.2 Å². The molecule has 3 atom stereocenters. The summed E-state index contributed by atoms with van der Waals surface area (Å²) in [5.74, 6) is 4.89. The van der Waals surface area contributed by atoms with Gasteiger partial charge < -0.3 is 19.7 Å². The van der Waals surface area contributed by atoms with Crippen molar-refractivity contribution >= 4 is 0 Å². The summed E-state index contributed by atoms with van der Waals surface area (Å²) in [6.45, 7) is 20.1. The molecule has 2 N–H and O–H groups in total. The van der Waals surface area contributed by atoms with Gasteiger partial charge in [-0.2, -0.15) is 0 Å². The Labute approximate surface area is 271 Å². The summed E-state index contributed by atoms with van der Waals surface area (Å²) in [5.41, 5.74) is 5.20. The van der Waals surface area contributed by atoms with Gasteiger partial charge in [0.15, 0.2) is 11.5 Å². The van der Waals surface area contributed by atoms with Crippen LogP contribution in [0.2, 0.25) is 0 Å². The molecule has 1 heterocycles. The first-order valence-corrected chi connectivity index (χ1v) is 17.7. The average Bonchev–Trinajstić information content (AvgIpc) is 2.98. The minimum Gasteiger partial charge on any atom is -0.507 e. The number of benzene rings is 2. The molecule has 0 amide bonds. The van der Waals surface area contributed by atoms with Crippen LogP contribution in [0.3, 0.4) is 0 Å². The molecular weight excluding hydrogens is 544 g/mol. The highest BCUT2D eigenvalue weighted by atomic mass is 16.5. The third kappa shape index (κ3) is 11.5. The normalized spacial score (nSPS) is 17.3. The second-order valence-corrected chi connectivity index (χ2v) is 14.5. The molecule has 1 aliphatic heterocycles. The first-order valence-electron chi connectivity index (χ1n) is 17.7. The highest BCUT2D eigenvalue weighted by Gasteiger charge is 2.34. The van der Waals surface area contributed by atoms with Crippen LogP contribution in [0.15, 0.2) is 18.2 Å². The molecule has 44 heavy (non-hydrogen) atoms. The van der Waals surface area contributed by atoms with E-state index in [1.165, 1.54) is 56.9 Å². The minimum atomic E-state index is -0.0712. The van der Waals surface area contributed by atoms with Gasteiger partial charge in [-0.25, -0.2) is 0 Å². The van der Waals surface area contributed by atoms with E-state index in [4.69, 9.17) is 9.47 Å². The molecule has 3 rings (SSSR count). The van der Waals surface area contributed by atoms with Crippen molar-refractivity contribution in [2.45, 2.75) is 158 Å². The van der Waals surface area contributed by atoms with Gasteiger partial charge in [0.05, 0.1) is 7.11 Å². The molecule has 0 bridgehead atoms. The first kappa shape index (κ1) is 37.8. The number of aryl methyl sites for hydroxylation is 1. The second kappa shape index (κ2) is 18.6. The molecular formula is C40H66O4. The van der Waals surface area contributed by atoms with Gasteiger partial charge in [-0.05, 0) is 112 Å². The van der Waals surface area contributed by atoms with Crippen molar-refractivity contribution in [3.05, 3.63) is 46.0 Å². The summed E-state index contributed by atoms with van der Waals surface area (Å²) >= 11 is 0. The summed E-state index contributed by atoms with van der Waals surface area (Å²) in [5, 5.41) is 20.1. The fourth-order valence-electron chi connectivity index (χ4n) is 6.57. The zero-order valence-electron chi connectivity index (χ0n) is 30.1. The van der Waals surface area contributed by atoms with Crippen LogP contribution < -0.4 is 9.47 Å². The molecule has 4 nitrogen and oxygen atoms in total. The molecule has 250 valence electrons. The van der Waals surface area contributed by atoms with Gasteiger partial charge >= 0.3 is 0 Å². The van der Waals surface area contributed by atoms with Gasteiger partial charge in [0.1, 0.15) is 17.1 Å². The molecule has 0 radical (unpaired) electrons. The monoisotopic (exact) mass is 610 g/mol. The van der Waals surface area contributed by atoms with Crippen LogP contribution in [-0.4, -0.2) is 22.9 Å². The van der Waals surface area contributed by atoms with E-state index >= 15 is 0 Å². The van der Waals surface area contributed by atoms with Crippen molar-refractivity contribution < 1.29 is 19.7 Å². The molecule has 0 saturated carbocycles. The number of methoxy groups -OCH3 is 1. The number of ether oxygens (including phenoxy) is 2. The maximum Gasteiger partial charge on any atom is 0.160 e. The number of phenolic OH excluding ortho intramolecular Hbond substituents is 2. The van der Waals surface area contributed by atoms with Crippen LogP contribution in [0.5, 0.6) is 23.0 Å². The molecule has 2 aromatic rings. The molecule has 0 saturated heterocycles. The summed E-state index contributed by atoms with van der Waals surface area (Å²) in [6, 6.07) is 5.61. The summed E-state index contributed by atoms with van der Waals surface area (Å²) in [6.07, 6.45) is 17.2. The standard InChI is InChI=1S/C29H50O2.C11H16O2/c1-20(2)12-9-13-21(3)14-10-15-22(4)16-11-18-29(8)19-17-26-25(7)27(30)23(5)24(6)28(26)31-29;1-3-4-6-9-7-5-8-10(13-2)11(9)12/h20-22,30H,9-19H2,1-8H3;5,7-8,12H,3-4,6H2,1-2H3/t21-,22+,29-;/m0./s1. The number of para-hydroxylation sites is 1. The molecule has 4 heteroatoms. The summed E-state index contributed by atoms with van der Waals surface area (Å²) < 4.78 is 11.6. The van der Waals surface area contributed by atoms with Crippen molar-refractivity contribution in [1.82, 2.24) is 0 Å². The topological polar surface area (TPSA) is 58.9 Å². The highest BCUT2D eigenvalue weighted by molar-refractivity contribution is 5.58. The zero-order valence-corrected chi connectivity index (χ0v) is 30.1. The van der Waals surface area contributed by atoms with E-state index in [0.29, 0.717) is 17.2 Å². The van der Waals surface area contributed by atoms with Crippen LogP contribution in [0.4, 0.5) is 0 Å². The van der Waals surface area contributed by atoms with Gasteiger partial charge in [0.2, 0.25) is 0 Å². The van der Waals surface area contributed by atoms with Crippen LogP contribution in [0, 0.1) is 38.5 Å². The van der Waals surface area contributed by atoms with Crippen molar-refractivity contribution in [1.29, 1.82) is 0 Å². The molecule has 0 aromatic heterocycles. The molecule has 0 spiro atoms. The van der Waals surface area contributed by atoms with Gasteiger partial charge in [0.25, 0.3) is 0 Å². The minimum absolute atomic E-state index is 0.0712. The van der Waals surface area contributed by atoms with Crippen LogP contribution in [0.1, 0.15) is 146 Å². The van der Waals surface area contributed by atoms with Crippen molar-refractivity contribution in [3.63, 3.8) is 0 Å². The SMILES string of the molecule is CCCCc1cccc(OC)c1O.Cc1c(C)c2c(c(C)c1O)CC[C@](C)(CCC[C@H](C)CCC[C@@H](C)CCCC(C)C)O2. The number of rotatable bonds is 16. The van der Waals surface area contributed by atoms with E-state index in [0.717, 1.165) is 84.3 Å². The van der Waals surface area contributed by atoms with E-state index in [1.807, 2.05) is 26.0 Å². The van der Waals surface area contributed by atoms with Crippen LogP contribution in [0.25, 0.3) is 0 Å². The Hall–Kier alpha value is -2.36. The summed E-state index contributed by atoms with van der Waals surface area (Å²) in [7, 11) is 1.57. The third-order valence-corrected chi connectivity index (χ3v) is 9.97. The number of unbranched alkanes of at least 4 members (excludes halogenated alkanes) is 1. The van der Waals surface area contributed by atoms with Crippen molar-refractivity contribution in [2.75, 3.05) is 7.11 Å². The van der Waals surface area contributed by atoms with Gasteiger partial charge in [-0.15, -0.1) is 0 Å². The number of fused-ring (bicyclic) bond motifs is 1. The van der Waals surface area contributed by atoms with Crippen LogP contribution >= 0.6 is 0 Å².